The molecule has 232 valence electrons. The molecule has 9 nitrogen and oxygen atoms in total. The molecular formula is C33H36Cl2N4O5. The van der Waals surface area contributed by atoms with Gasteiger partial charge in [-0.05, 0) is 54.8 Å². The van der Waals surface area contributed by atoms with Gasteiger partial charge in [-0.3, -0.25) is 24.2 Å². The Bertz CT molecular complexity index is 1540. The summed E-state index contributed by atoms with van der Waals surface area (Å²) in [5.74, 6) is -0.313. The van der Waals surface area contributed by atoms with Crippen molar-refractivity contribution in [3.63, 3.8) is 0 Å². The van der Waals surface area contributed by atoms with E-state index in [1.54, 1.807) is 30.1 Å². The number of carbonyl (C=O) groups is 3. The van der Waals surface area contributed by atoms with Gasteiger partial charge in [0.15, 0.2) is 6.61 Å². The monoisotopic (exact) mass is 638 g/mol. The van der Waals surface area contributed by atoms with Crippen LogP contribution in [0.5, 0.6) is 5.75 Å². The molecule has 0 aliphatic carbocycles. The lowest BCUT2D eigenvalue weighted by Gasteiger charge is -2.37. The lowest BCUT2D eigenvalue weighted by molar-refractivity contribution is -0.133. The molecule has 0 spiro atoms. The molecule has 0 aromatic heterocycles. The highest BCUT2D eigenvalue weighted by Gasteiger charge is 2.32. The van der Waals surface area contributed by atoms with Crippen molar-refractivity contribution in [2.24, 2.45) is 0 Å². The summed E-state index contributed by atoms with van der Waals surface area (Å²) in [7, 11) is 1.76. The number of hydrogen-bond donors (Lipinski definition) is 1. The van der Waals surface area contributed by atoms with Gasteiger partial charge in [0.25, 0.3) is 11.8 Å². The van der Waals surface area contributed by atoms with Crippen LogP contribution in [0.3, 0.4) is 0 Å². The van der Waals surface area contributed by atoms with Crippen molar-refractivity contribution in [3.05, 3.63) is 81.8 Å². The standard InChI is InChI=1S/C33H36Cl2N4O5/c1-21(2)36-33(42)25-9-5-7-23(15-25)22-6-4-8-24(14-22)29(18-38-10-12-43-13-11-38)37(3)31(40)19-39-28-16-26(34)27(35)17-30(28)44-20-32(39)41/h4-9,14-17,21,29H,10-13,18-20H2,1-3H3,(H,36,42). The number of carbonyl (C=O) groups excluding carboxylic acids is 3. The summed E-state index contributed by atoms with van der Waals surface area (Å²) in [5.41, 5.74) is 3.75. The van der Waals surface area contributed by atoms with E-state index in [9.17, 15) is 14.4 Å². The summed E-state index contributed by atoms with van der Waals surface area (Å²) in [6.45, 7) is 6.80. The smallest absolute Gasteiger partial charge is 0.265 e. The molecule has 2 aliphatic heterocycles. The minimum atomic E-state index is -0.342. The van der Waals surface area contributed by atoms with Gasteiger partial charge in [0.1, 0.15) is 12.3 Å². The number of amides is 3. The topological polar surface area (TPSA) is 91.4 Å². The Morgan fingerprint density at radius 1 is 0.977 bits per heavy atom. The zero-order valence-corrected chi connectivity index (χ0v) is 26.5. The van der Waals surface area contributed by atoms with Crippen molar-refractivity contribution in [3.8, 4) is 16.9 Å². The predicted molar refractivity (Wildman–Crippen MR) is 172 cm³/mol. The number of anilines is 1. The second-order valence-electron chi connectivity index (χ2n) is 11.3. The largest absolute Gasteiger partial charge is 0.482 e. The van der Waals surface area contributed by atoms with Crippen LogP contribution in [0.4, 0.5) is 5.69 Å². The number of rotatable bonds is 9. The molecular weight excluding hydrogens is 603 g/mol. The van der Waals surface area contributed by atoms with E-state index in [0.29, 0.717) is 41.8 Å². The molecule has 5 rings (SSSR count). The van der Waals surface area contributed by atoms with Crippen molar-refractivity contribution in [2.45, 2.75) is 25.9 Å². The summed E-state index contributed by atoms with van der Waals surface area (Å²) >= 11 is 12.4. The highest BCUT2D eigenvalue weighted by atomic mass is 35.5. The highest BCUT2D eigenvalue weighted by molar-refractivity contribution is 6.42. The molecule has 3 aromatic rings. The number of morpholine rings is 1. The summed E-state index contributed by atoms with van der Waals surface area (Å²) in [4.78, 5) is 44.8. The molecule has 1 fully saturated rings. The summed E-state index contributed by atoms with van der Waals surface area (Å²) in [6, 6.07) is 18.3. The quantitative estimate of drug-likeness (QED) is 0.352. The van der Waals surface area contributed by atoms with E-state index >= 15 is 0 Å². The molecule has 1 N–H and O–H groups in total. The molecule has 2 aliphatic rings. The third-order valence-corrected chi connectivity index (χ3v) is 8.51. The molecule has 11 heteroatoms. The zero-order valence-electron chi connectivity index (χ0n) is 25.0. The molecule has 1 atom stereocenters. The number of likely N-dealkylation sites (N-methyl/N-ethyl adjacent to an activating group) is 1. The summed E-state index contributed by atoms with van der Waals surface area (Å²) in [5, 5.41) is 3.51. The zero-order chi connectivity index (χ0) is 31.4. The second-order valence-corrected chi connectivity index (χ2v) is 12.1. The van der Waals surface area contributed by atoms with Crippen molar-refractivity contribution in [1.29, 1.82) is 0 Å². The van der Waals surface area contributed by atoms with E-state index in [1.165, 1.54) is 4.90 Å². The van der Waals surface area contributed by atoms with Crippen LogP contribution in [0.15, 0.2) is 60.7 Å². The Kier molecular flexibility index (Phi) is 10.1. The summed E-state index contributed by atoms with van der Waals surface area (Å²) in [6.07, 6.45) is 0. The highest BCUT2D eigenvalue weighted by Crippen LogP contribution is 2.39. The average Bonchev–Trinajstić information content (AvgIpc) is 3.02. The van der Waals surface area contributed by atoms with Gasteiger partial charge < -0.3 is 19.7 Å². The molecule has 2 heterocycles. The first-order valence-electron chi connectivity index (χ1n) is 14.6. The SMILES string of the molecule is CC(C)NC(=O)c1cccc(-c2cccc(C(CN3CCOCC3)N(C)C(=O)CN3C(=O)COc4cc(Cl)c(Cl)cc43)c2)c1. The lowest BCUT2D eigenvalue weighted by Crippen LogP contribution is -2.48. The Morgan fingerprint density at radius 3 is 2.39 bits per heavy atom. The molecule has 44 heavy (non-hydrogen) atoms. The third kappa shape index (κ3) is 7.35. The van der Waals surface area contributed by atoms with Crippen molar-refractivity contribution in [1.82, 2.24) is 15.1 Å². The van der Waals surface area contributed by atoms with Gasteiger partial charge in [0.2, 0.25) is 5.91 Å². The average molecular weight is 640 g/mol. The van der Waals surface area contributed by atoms with E-state index in [1.807, 2.05) is 50.2 Å². The number of benzene rings is 3. The number of nitrogens with one attached hydrogen (secondary N) is 1. The lowest BCUT2D eigenvalue weighted by atomic mass is 9.97. The van der Waals surface area contributed by atoms with Crippen LogP contribution in [-0.4, -0.2) is 86.6 Å². The van der Waals surface area contributed by atoms with E-state index in [2.05, 4.69) is 16.3 Å². The molecule has 0 radical (unpaired) electrons. The first-order chi connectivity index (χ1) is 21.1. The molecule has 1 unspecified atom stereocenters. The number of nitrogens with zero attached hydrogens (tertiary/aromatic N) is 3. The number of ether oxygens (including phenoxy) is 2. The van der Waals surface area contributed by atoms with Gasteiger partial charge in [0.05, 0.1) is 35.0 Å². The van der Waals surface area contributed by atoms with E-state index in [-0.39, 0.29) is 48.0 Å². The fraction of sp³-hybridized carbons (Fsp3) is 0.364. The number of halogens is 2. The van der Waals surface area contributed by atoms with Gasteiger partial charge >= 0.3 is 0 Å². The third-order valence-electron chi connectivity index (χ3n) is 7.78. The van der Waals surface area contributed by atoms with E-state index in [0.717, 1.165) is 29.8 Å². The van der Waals surface area contributed by atoms with Crippen molar-refractivity contribution >= 4 is 46.6 Å². The maximum absolute atomic E-state index is 13.9. The second kappa shape index (κ2) is 14.0. The van der Waals surface area contributed by atoms with Gasteiger partial charge in [0, 0.05) is 44.4 Å². The van der Waals surface area contributed by atoms with Crippen LogP contribution in [-0.2, 0) is 14.3 Å². The molecule has 0 bridgehead atoms. The van der Waals surface area contributed by atoms with Gasteiger partial charge in [-0.25, -0.2) is 0 Å². The Labute approximate surface area is 267 Å². The van der Waals surface area contributed by atoms with E-state index in [4.69, 9.17) is 32.7 Å². The van der Waals surface area contributed by atoms with Crippen LogP contribution in [0.25, 0.3) is 11.1 Å². The number of fused-ring (bicyclic) bond motifs is 1. The Hall–Kier alpha value is -3.63. The van der Waals surface area contributed by atoms with Crippen LogP contribution in [0, 0.1) is 0 Å². The van der Waals surface area contributed by atoms with Gasteiger partial charge in [-0.1, -0.05) is 53.5 Å². The van der Waals surface area contributed by atoms with E-state index < -0.39 is 0 Å². The number of hydrogen-bond acceptors (Lipinski definition) is 6. The van der Waals surface area contributed by atoms with Crippen LogP contribution >= 0.6 is 23.2 Å². The van der Waals surface area contributed by atoms with Crippen LogP contribution in [0.1, 0.15) is 35.8 Å². The minimum absolute atomic E-state index is 0.0273. The Morgan fingerprint density at radius 2 is 1.66 bits per heavy atom. The molecule has 3 amide bonds. The normalized spacial score (nSPS) is 15.9. The first kappa shape index (κ1) is 31.8. The fourth-order valence-corrected chi connectivity index (χ4v) is 5.69. The molecule has 3 aromatic carbocycles. The maximum atomic E-state index is 13.9. The summed E-state index contributed by atoms with van der Waals surface area (Å²) < 4.78 is 11.1. The first-order valence-corrected chi connectivity index (χ1v) is 15.4. The van der Waals surface area contributed by atoms with Crippen molar-refractivity contribution < 1.29 is 23.9 Å². The Balaban J connectivity index is 1.43. The van der Waals surface area contributed by atoms with Gasteiger partial charge in [-0.15, -0.1) is 0 Å². The minimum Gasteiger partial charge on any atom is -0.482 e. The maximum Gasteiger partial charge on any atom is 0.265 e. The van der Waals surface area contributed by atoms with Crippen LogP contribution in [0.2, 0.25) is 10.0 Å². The molecule has 1 saturated heterocycles. The predicted octanol–water partition coefficient (Wildman–Crippen LogP) is 5.06. The van der Waals surface area contributed by atoms with Gasteiger partial charge in [-0.2, -0.15) is 0 Å². The van der Waals surface area contributed by atoms with Crippen molar-refractivity contribution in [2.75, 3.05) is 57.9 Å². The van der Waals surface area contributed by atoms with Crippen LogP contribution < -0.4 is 15.0 Å². The molecule has 0 saturated carbocycles. The fourth-order valence-electron chi connectivity index (χ4n) is 5.38.